The van der Waals surface area contributed by atoms with Crippen LogP contribution in [0.3, 0.4) is 0 Å². The zero-order valence-corrected chi connectivity index (χ0v) is 9.63. The van der Waals surface area contributed by atoms with Crippen molar-refractivity contribution in [3.63, 3.8) is 0 Å². The minimum Gasteiger partial charge on any atom is -0.406 e. The monoisotopic (exact) mass is 273 g/mol. The van der Waals surface area contributed by atoms with Gasteiger partial charge in [-0.15, -0.1) is 13.2 Å². The summed E-state index contributed by atoms with van der Waals surface area (Å²) in [6.07, 6.45) is -3.40. The van der Waals surface area contributed by atoms with E-state index < -0.39 is 6.36 Å². The molecular formula is C11H10F3N3O2. The summed E-state index contributed by atoms with van der Waals surface area (Å²) in [6.45, 7) is 0.0530. The number of halogens is 3. The largest absolute Gasteiger partial charge is 0.573 e. The zero-order chi connectivity index (χ0) is 13.9. The molecule has 19 heavy (non-hydrogen) atoms. The van der Waals surface area contributed by atoms with E-state index in [0.29, 0.717) is 12.4 Å². The second kappa shape index (κ2) is 5.27. The molecule has 1 heterocycles. The van der Waals surface area contributed by atoms with Gasteiger partial charge in [0.15, 0.2) is 5.82 Å². The lowest BCUT2D eigenvalue weighted by Gasteiger charge is -2.09. The summed E-state index contributed by atoms with van der Waals surface area (Å²) in [7, 11) is 0. The molecule has 0 bridgehead atoms. The van der Waals surface area contributed by atoms with Crippen LogP contribution < -0.4 is 4.74 Å². The average molecular weight is 273 g/mol. The second-order valence-electron chi connectivity index (χ2n) is 3.68. The van der Waals surface area contributed by atoms with E-state index in [1.807, 2.05) is 0 Å². The van der Waals surface area contributed by atoms with Crippen LogP contribution in [0.25, 0.3) is 0 Å². The van der Waals surface area contributed by atoms with Gasteiger partial charge < -0.3 is 9.84 Å². The van der Waals surface area contributed by atoms with Crippen molar-refractivity contribution in [1.29, 1.82) is 0 Å². The molecule has 2 aromatic rings. The van der Waals surface area contributed by atoms with Crippen LogP contribution in [0.5, 0.6) is 5.75 Å². The van der Waals surface area contributed by atoms with Crippen molar-refractivity contribution >= 4 is 0 Å². The fourth-order valence-corrected chi connectivity index (χ4v) is 1.51. The zero-order valence-electron chi connectivity index (χ0n) is 9.63. The van der Waals surface area contributed by atoms with E-state index in [2.05, 4.69) is 14.8 Å². The van der Waals surface area contributed by atoms with Crippen molar-refractivity contribution in [1.82, 2.24) is 14.8 Å². The van der Waals surface area contributed by atoms with Crippen LogP contribution in [-0.2, 0) is 13.2 Å². The number of hydrogen-bond donors (Lipinski definition) is 1. The number of nitrogens with zero attached hydrogens (tertiary/aromatic N) is 3. The number of rotatable bonds is 4. The van der Waals surface area contributed by atoms with E-state index >= 15 is 0 Å². The minimum absolute atomic E-state index is 0.255. The topological polar surface area (TPSA) is 60.2 Å². The highest BCUT2D eigenvalue weighted by Gasteiger charge is 2.30. The molecule has 0 aliphatic rings. The average Bonchev–Trinajstić information content (AvgIpc) is 2.77. The van der Waals surface area contributed by atoms with Gasteiger partial charge in [-0.05, 0) is 17.7 Å². The molecule has 0 fully saturated rings. The van der Waals surface area contributed by atoms with Gasteiger partial charge in [0.25, 0.3) is 0 Å². The first-order valence-corrected chi connectivity index (χ1v) is 5.30. The number of hydrogen-bond acceptors (Lipinski definition) is 4. The number of ether oxygens (including phenoxy) is 1. The first kappa shape index (κ1) is 13.3. The number of aliphatic hydroxyl groups is 1. The summed E-state index contributed by atoms with van der Waals surface area (Å²) in [5, 5.41) is 12.9. The predicted molar refractivity (Wildman–Crippen MR) is 58.2 cm³/mol. The molecule has 1 aromatic heterocycles. The highest BCUT2D eigenvalue weighted by molar-refractivity contribution is 5.27. The maximum atomic E-state index is 12.0. The fraction of sp³-hybridized carbons (Fsp3) is 0.273. The number of alkyl halides is 3. The van der Waals surface area contributed by atoms with Gasteiger partial charge in [-0.1, -0.05) is 12.1 Å². The lowest BCUT2D eigenvalue weighted by atomic mass is 10.2. The van der Waals surface area contributed by atoms with Gasteiger partial charge in [0.05, 0.1) is 6.54 Å². The molecule has 0 saturated carbocycles. The maximum Gasteiger partial charge on any atom is 0.573 e. The van der Waals surface area contributed by atoms with E-state index in [-0.39, 0.29) is 12.4 Å². The van der Waals surface area contributed by atoms with Crippen molar-refractivity contribution in [2.75, 3.05) is 0 Å². The lowest BCUT2D eigenvalue weighted by Crippen LogP contribution is -2.17. The predicted octanol–water partition coefficient (Wildman–Crippen LogP) is 1.72. The van der Waals surface area contributed by atoms with E-state index in [1.165, 1.54) is 35.3 Å². The van der Waals surface area contributed by atoms with E-state index in [0.717, 1.165) is 5.56 Å². The summed E-state index contributed by atoms with van der Waals surface area (Å²) < 4.78 is 41.1. The molecule has 0 saturated heterocycles. The first-order valence-electron chi connectivity index (χ1n) is 5.30. The number of aromatic nitrogens is 3. The highest BCUT2D eigenvalue weighted by Crippen LogP contribution is 2.22. The Morgan fingerprint density at radius 1 is 1.21 bits per heavy atom. The Morgan fingerprint density at radius 2 is 1.89 bits per heavy atom. The van der Waals surface area contributed by atoms with Gasteiger partial charge in [0, 0.05) is 0 Å². The number of benzene rings is 1. The Labute approximate surface area is 106 Å². The van der Waals surface area contributed by atoms with Crippen molar-refractivity contribution in [3.8, 4) is 5.75 Å². The normalized spacial score (nSPS) is 11.6. The summed E-state index contributed by atoms with van der Waals surface area (Å²) in [4.78, 5) is 3.83. The standard InChI is InChI=1S/C11H10F3N3O2/c12-11(13,14)19-9-3-1-8(2-4-9)5-17-10(6-18)15-7-16-17/h1-4,7,18H,5-6H2. The summed E-state index contributed by atoms with van der Waals surface area (Å²) in [5.74, 6) is 0.104. The van der Waals surface area contributed by atoms with Crippen LogP contribution in [0.1, 0.15) is 11.4 Å². The summed E-state index contributed by atoms with van der Waals surface area (Å²) >= 11 is 0. The summed E-state index contributed by atoms with van der Waals surface area (Å²) in [5.41, 5.74) is 0.717. The smallest absolute Gasteiger partial charge is 0.406 e. The minimum atomic E-state index is -4.70. The third-order valence-electron chi connectivity index (χ3n) is 2.33. The SMILES string of the molecule is OCc1ncnn1Cc1ccc(OC(F)(F)F)cc1. The Balaban J connectivity index is 2.07. The van der Waals surface area contributed by atoms with Crippen LogP contribution in [0.2, 0.25) is 0 Å². The molecule has 2 rings (SSSR count). The van der Waals surface area contributed by atoms with Crippen molar-refractivity contribution in [3.05, 3.63) is 42.0 Å². The Morgan fingerprint density at radius 3 is 2.47 bits per heavy atom. The van der Waals surface area contributed by atoms with Crippen LogP contribution in [0.15, 0.2) is 30.6 Å². The van der Waals surface area contributed by atoms with Gasteiger partial charge in [-0.25, -0.2) is 9.67 Å². The van der Waals surface area contributed by atoms with Gasteiger partial charge in [0.1, 0.15) is 18.7 Å². The van der Waals surface area contributed by atoms with E-state index in [4.69, 9.17) is 5.11 Å². The molecule has 5 nitrogen and oxygen atoms in total. The van der Waals surface area contributed by atoms with Crippen LogP contribution in [0.4, 0.5) is 13.2 Å². The summed E-state index contributed by atoms with van der Waals surface area (Å²) in [6, 6.07) is 5.42. The van der Waals surface area contributed by atoms with Crippen molar-refractivity contribution in [2.45, 2.75) is 19.5 Å². The Kier molecular flexibility index (Phi) is 3.70. The molecule has 102 valence electrons. The van der Waals surface area contributed by atoms with Gasteiger partial charge >= 0.3 is 6.36 Å². The van der Waals surface area contributed by atoms with Gasteiger partial charge in [-0.3, -0.25) is 0 Å². The molecule has 0 amide bonds. The highest BCUT2D eigenvalue weighted by atomic mass is 19.4. The molecule has 8 heteroatoms. The van der Waals surface area contributed by atoms with Crippen LogP contribution in [0, 0.1) is 0 Å². The fourth-order valence-electron chi connectivity index (χ4n) is 1.51. The Bertz CT molecular complexity index is 537. The third kappa shape index (κ3) is 3.68. The van der Waals surface area contributed by atoms with Crippen molar-refractivity contribution in [2.24, 2.45) is 0 Å². The third-order valence-corrected chi connectivity index (χ3v) is 2.33. The van der Waals surface area contributed by atoms with E-state index in [1.54, 1.807) is 0 Å². The first-order chi connectivity index (χ1) is 8.98. The van der Waals surface area contributed by atoms with Gasteiger partial charge in [0.2, 0.25) is 0 Å². The molecule has 1 N–H and O–H groups in total. The molecule has 0 atom stereocenters. The molecular weight excluding hydrogens is 263 g/mol. The van der Waals surface area contributed by atoms with Gasteiger partial charge in [-0.2, -0.15) is 5.10 Å². The molecule has 0 spiro atoms. The van der Waals surface area contributed by atoms with Crippen molar-refractivity contribution < 1.29 is 23.0 Å². The van der Waals surface area contributed by atoms with E-state index in [9.17, 15) is 13.2 Å². The molecule has 0 aliphatic carbocycles. The lowest BCUT2D eigenvalue weighted by molar-refractivity contribution is -0.274. The molecule has 0 aliphatic heterocycles. The quantitative estimate of drug-likeness (QED) is 0.921. The maximum absolute atomic E-state index is 12.0. The van der Waals surface area contributed by atoms with Crippen LogP contribution in [-0.4, -0.2) is 26.2 Å². The molecule has 0 unspecified atom stereocenters. The molecule has 1 aromatic carbocycles. The Hall–Kier alpha value is -2.09. The second-order valence-corrected chi connectivity index (χ2v) is 3.68. The molecule has 0 radical (unpaired) electrons. The number of aliphatic hydroxyl groups excluding tert-OH is 1. The van der Waals surface area contributed by atoms with Crippen LogP contribution >= 0.6 is 0 Å².